The van der Waals surface area contributed by atoms with Crippen LogP contribution >= 0.6 is 22.7 Å². The van der Waals surface area contributed by atoms with E-state index < -0.39 is 0 Å². The van der Waals surface area contributed by atoms with Crippen LogP contribution in [0.15, 0.2) is 170 Å². The van der Waals surface area contributed by atoms with E-state index in [1.807, 2.05) is 36.4 Å². The van der Waals surface area contributed by atoms with Gasteiger partial charge in [-0.05, 0) is 48.5 Å². The van der Waals surface area contributed by atoms with Crippen LogP contribution in [0.2, 0.25) is 0 Å². The molecule has 13 rings (SSSR count). The van der Waals surface area contributed by atoms with Crippen molar-refractivity contribution in [1.29, 1.82) is 10.5 Å². The van der Waals surface area contributed by atoms with E-state index in [2.05, 4.69) is 143 Å². The Morgan fingerprint density at radius 2 is 0.790 bits per heavy atom. The Balaban J connectivity index is 1.35. The summed E-state index contributed by atoms with van der Waals surface area (Å²) in [4.78, 5) is 9.99. The maximum absolute atomic E-state index is 11.8. The monoisotopic (exact) mass is 824 g/mol. The molecule has 0 aliphatic heterocycles. The third-order valence-electron chi connectivity index (χ3n) is 12.3. The molecule has 0 saturated carbocycles. The highest BCUT2D eigenvalue weighted by Gasteiger charge is 2.33. The highest BCUT2D eigenvalue weighted by Crippen LogP contribution is 2.51. The van der Waals surface area contributed by atoms with E-state index in [1.54, 1.807) is 35.1 Å². The van der Waals surface area contributed by atoms with Crippen molar-refractivity contribution in [2.24, 2.45) is 0 Å². The Hall–Kier alpha value is -8.14. The van der Waals surface area contributed by atoms with Crippen LogP contribution in [0.1, 0.15) is 11.1 Å². The van der Waals surface area contributed by atoms with Gasteiger partial charge in [0.15, 0.2) is 0 Å². The van der Waals surface area contributed by atoms with Crippen molar-refractivity contribution in [2.75, 3.05) is 0 Å². The van der Waals surface area contributed by atoms with Gasteiger partial charge in [0.25, 0.3) is 0 Å². The van der Waals surface area contributed by atoms with Gasteiger partial charge in [-0.2, -0.15) is 10.5 Å². The van der Waals surface area contributed by atoms with Gasteiger partial charge in [-0.3, -0.25) is 9.97 Å². The molecule has 0 radical (unpaired) electrons. The lowest BCUT2D eigenvalue weighted by molar-refractivity contribution is 1.11. The third kappa shape index (κ3) is 4.65. The fourth-order valence-electron chi connectivity index (χ4n) is 9.84. The molecular formula is C54H28N6S2. The van der Waals surface area contributed by atoms with E-state index in [-0.39, 0.29) is 0 Å². The van der Waals surface area contributed by atoms with Gasteiger partial charge in [0.2, 0.25) is 0 Å². The Labute approximate surface area is 361 Å². The molecule has 0 bridgehead atoms. The summed E-state index contributed by atoms with van der Waals surface area (Å²) >= 11 is 3.52. The average Bonchev–Trinajstić information content (AvgIpc) is 4.09. The highest BCUT2D eigenvalue weighted by atomic mass is 32.1. The number of pyridine rings is 2. The molecule has 0 unspecified atom stereocenters. The Bertz CT molecular complexity index is 3890. The normalized spacial score (nSPS) is 11.8. The quantitative estimate of drug-likeness (QED) is 0.177. The number of benzene rings is 7. The zero-order valence-electron chi connectivity index (χ0n) is 32.7. The van der Waals surface area contributed by atoms with Crippen LogP contribution in [0.25, 0.3) is 118 Å². The van der Waals surface area contributed by atoms with Crippen LogP contribution < -0.4 is 0 Å². The van der Waals surface area contributed by atoms with Crippen LogP contribution in [0.3, 0.4) is 0 Å². The average molecular weight is 825 g/mol. The summed E-state index contributed by atoms with van der Waals surface area (Å²) in [5.41, 5.74) is 8.19. The highest BCUT2D eigenvalue weighted by molar-refractivity contribution is 7.27. The van der Waals surface area contributed by atoms with Crippen LogP contribution in [-0.2, 0) is 0 Å². The molecule has 7 aromatic carbocycles. The number of aromatic nitrogens is 4. The predicted molar refractivity (Wildman–Crippen MR) is 257 cm³/mol. The minimum Gasteiger partial charge on any atom is -0.306 e. The standard InChI is InChI=1S/C54H28N6S2/c55-29-39-47(41-17-9-11-27-57-41)40(30-56)50(60-44-20-6-2-14-32(44)36-24-26-38-34-16-4-8-22-46(34)62-54(38)52(36)60)48(42-18-10-12-28-58-42)49(39)59-43-19-5-1-13-31(43)35-23-25-37-33-15-3-7-21-45(33)61-53(37)51(35)59/h1-28H. The van der Waals surface area contributed by atoms with Gasteiger partial charge < -0.3 is 9.13 Å². The minimum absolute atomic E-state index is 0.346. The van der Waals surface area contributed by atoms with Gasteiger partial charge in [0, 0.05) is 70.4 Å². The largest absolute Gasteiger partial charge is 0.306 e. The number of fused-ring (bicyclic) bond motifs is 14. The van der Waals surface area contributed by atoms with E-state index in [1.165, 1.54) is 20.2 Å². The fraction of sp³-hybridized carbons (Fsp3) is 0. The SMILES string of the molecule is N#Cc1c(-c2ccccn2)c(C#N)c(-n2c3ccccc3c3ccc4c5ccccc5sc4c32)c(-c2ccccn2)c1-n1c2ccccc2c2ccc3c4ccccc4sc3c21. The molecule has 8 heteroatoms. The first-order chi connectivity index (χ1) is 30.7. The maximum Gasteiger partial charge on any atom is 0.102 e. The predicted octanol–water partition coefficient (Wildman–Crippen LogP) is 14.5. The molecule has 6 heterocycles. The van der Waals surface area contributed by atoms with Crippen molar-refractivity contribution in [3.8, 4) is 46.0 Å². The first-order valence-corrected chi connectivity index (χ1v) is 21.9. The van der Waals surface area contributed by atoms with Crippen molar-refractivity contribution in [2.45, 2.75) is 0 Å². The number of para-hydroxylation sites is 2. The molecule has 286 valence electrons. The number of hydrogen-bond acceptors (Lipinski definition) is 6. The molecule has 0 fully saturated rings. The molecule has 0 N–H and O–H groups in total. The second-order valence-electron chi connectivity index (χ2n) is 15.4. The van der Waals surface area contributed by atoms with Crippen molar-refractivity contribution in [1.82, 2.24) is 19.1 Å². The van der Waals surface area contributed by atoms with Crippen molar-refractivity contribution in [3.05, 3.63) is 181 Å². The lowest BCUT2D eigenvalue weighted by Gasteiger charge is -2.25. The summed E-state index contributed by atoms with van der Waals surface area (Å²) < 4.78 is 9.17. The van der Waals surface area contributed by atoms with Gasteiger partial charge in [-0.1, -0.05) is 109 Å². The molecule has 0 amide bonds. The smallest absolute Gasteiger partial charge is 0.102 e. The Morgan fingerprint density at radius 3 is 1.24 bits per heavy atom. The lowest BCUT2D eigenvalue weighted by Crippen LogP contribution is -2.12. The number of thiophene rings is 2. The van der Waals surface area contributed by atoms with Crippen molar-refractivity contribution >= 4 is 107 Å². The first kappa shape index (κ1) is 34.7. The molecule has 0 saturated heterocycles. The molecule has 0 atom stereocenters. The molecule has 0 spiro atoms. The number of hydrogen-bond donors (Lipinski definition) is 0. The number of nitriles is 2. The number of nitrogens with zero attached hydrogens (tertiary/aromatic N) is 6. The van der Waals surface area contributed by atoms with Gasteiger partial charge >= 0.3 is 0 Å². The summed E-state index contributed by atoms with van der Waals surface area (Å²) in [6, 6.07) is 59.8. The molecule has 62 heavy (non-hydrogen) atoms. The fourth-order valence-corrected chi connectivity index (χ4v) is 12.3. The zero-order chi connectivity index (χ0) is 41.1. The summed E-state index contributed by atoms with van der Waals surface area (Å²) in [5.74, 6) is 0. The van der Waals surface area contributed by atoms with E-state index >= 15 is 0 Å². The van der Waals surface area contributed by atoms with E-state index in [0.29, 0.717) is 45.0 Å². The minimum atomic E-state index is 0.346. The molecular weight excluding hydrogens is 797 g/mol. The topological polar surface area (TPSA) is 83.2 Å². The van der Waals surface area contributed by atoms with Crippen molar-refractivity contribution < 1.29 is 0 Å². The Morgan fingerprint density at radius 1 is 0.387 bits per heavy atom. The van der Waals surface area contributed by atoms with E-state index in [0.717, 1.165) is 63.8 Å². The van der Waals surface area contributed by atoms with Gasteiger partial charge in [-0.15, -0.1) is 22.7 Å². The zero-order valence-corrected chi connectivity index (χ0v) is 34.3. The van der Waals surface area contributed by atoms with Gasteiger partial charge in [-0.25, -0.2) is 0 Å². The summed E-state index contributed by atoms with van der Waals surface area (Å²) in [6.45, 7) is 0. The van der Waals surface area contributed by atoms with Crippen LogP contribution in [0.5, 0.6) is 0 Å². The summed E-state index contributed by atoms with van der Waals surface area (Å²) in [6.07, 6.45) is 3.52. The third-order valence-corrected chi connectivity index (χ3v) is 14.7. The lowest BCUT2D eigenvalue weighted by atomic mass is 9.89. The van der Waals surface area contributed by atoms with Crippen LogP contribution in [-0.4, -0.2) is 19.1 Å². The first-order valence-electron chi connectivity index (χ1n) is 20.3. The summed E-state index contributed by atoms with van der Waals surface area (Å²) in [5, 5.41) is 32.5. The molecule has 0 aliphatic rings. The number of rotatable bonds is 4. The molecule has 13 aromatic rings. The molecule has 6 nitrogen and oxygen atoms in total. The molecule has 6 aromatic heterocycles. The second-order valence-corrected chi connectivity index (χ2v) is 17.5. The maximum atomic E-state index is 11.8. The molecule has 0 aliphatic carbocycles. The summed E-state index contributed by atoms with van der Waals surface area (Å²) in [7, 11) is 0. The van der Waals surface area contributed by atoms with Gasteiger partial charge in [0.05, 0.1) is 70.9 Å². The Kier molecular flexibility index (Phi) is 7.38. The van der Waals surface area contributed by atoms with Crippen LogP contribution in [0, 0.1) is 22.7 Å². The van der Waals surface area contributed by atoms with E-state index in [9.17, 15) is 10.5 Å². The van der Waals surface area contributed by atoms with Crippen molar-refractivity contribution in [3.63, 3.8) is 0 Å². The van der Waals surface area contributed by atoms with Crippen LogP contribution in [0.4, 0.5) is 0 Å². The van der Waals surface area contributed by atoms with E-state index in [4.69, 9.17) is 9.97 Å². The second kappa shape index (κ2) is 13.2. The van der Waals surface area contributed by atoms with Gasteiger partial charge in [0.1, 0.15) is 12.1 Å².